The number of aryl methyl sites for hydroxylation is 1. The van der Waals surface area contributed by atoms with Crippen LogP contribution in [-0.2, 0) is 32.5 Å². The van der Waals surface area contributed by atoms with Crippen LogP contribution < -0.4 is 11.0 Å². The summed E-state index contributed by atoms with van der Waals surface area (Å²) in [4.78, 5) is 51.0. The van der Waals surface area contributed by atoms with Crippen molar-refractivity contribution in [2.45, 2.75) is 70.6 Å². The zero-order chi connectivity index (χ0) is 25.3. The predicted octanol–water partition coefficient (Wildman–Crippen LogP) is 2.28. The lowest BCUT2D eigenvalue weighted by atomic mass is 10.1. The maximum absolute atomic E-state index is 13.0. The smallest absolute Gasteiger partial charge is 0.410 e. The average molecular weight is 487 g/mol. The van der Waals surface area contributed by atoms with Gasteiger partial charge in [0.2, 0.25) is 11.8 Å². The summed E-state index contributed by atoms with van der Waals surface area (Å²) in [6, 6.07) is 4.96. The molecule has 0 aliphatic carbocycles. The van der Waals surface area contributed by atoms with E-state index in [-0.39, 0.29) is 30.2 Å². The van der Waals surface area contributed by atoms with E-state index in [0.29, 0.717) is 38.1 Å². The van der Waals surface area contributed by atoms with Crippen LogP contribution >= 0.6 is 0 Å². The van der Waals surface area contributed by atoms with Crippen molar-refractivity contribution >= 4 is 28.9 Å². The Balaban J connectivity index is 1.40. The number of aromatic nitrogens is 2. The molecule has 2 saturated heterocycles. The van der Waals surface area contributed by atoms with Gasteiger partial charge in [-0.3, -0.25) is 24.0 Å². The van der Waals surface area contributed by atoms with Crippen LogP contribution in [0.1, 0.15) is 58.1 Å². The van der Waals surface area contributed by atoms with E-state index in [2.05, 4.69) is 5.32 Å². The highest BCUT2D eigenvalue weighted by atomic mass is 16.6. The minimum absolute atomic E-state index is 0.0600. The topological polar surface area (TPSA) is 112 Å². The van der Waals surface area contributed by atoms with Gasteiger partial charge in [0.15, 0.2) is 0 Å². The summed E-state index contributed by atoms with van der Waals surface area (Å²) in [5.41, 5.74) is 1.61. The third kappa shape index (κ3) is 5.42. The molecular formula is C25H34N4O6. The lowest BCUT2D eigenvalue weighted by Gasteiger charge is -2.33. The van der Waals surface area contributed by atoms with Gasteiger partial charge in [-0.25, -0.2) is 9.59 Å². The second kappa shape index (κ2) is 9.85. The Kier molecular flexibility index (Phi) is 7.02. The number of carbonyl (C=O) groups excluding carboxylic acids is 3. The molecular weight excluding hydrogens is 452 g/mol. The summed E-state index contributed by atoms with van der Waals surface area (Å²) >= 11 is 0. The second-order valence-electron chi connectivity index (χ2n) is 10.3. The third-order valence-electron chi connectivity index (χ3n) is 6.53. The van der Waals surface area contributed by atoms with Gasteiger partial charge in [0.25, 0.3) is 0 Å². The van der Waals surface area contributed by atoms with E-state index < -0.39 is 17.6 Å². The molecule has 1 N–H and O–H groups in total. The number of hydrogen-bond acceptors (Lipinski definition) is 6. The van der Waals surface area contributed by atoms with Gasteiger partial charge in [-0.15, -0.1) is 0 Å². The molecule has 1 atom stereocenters. The first kappa shape index (κ1) is 25.0. The number of carbonyl (C=O) groups is 3. The highest BCUT2D eigenvalue weighted by molar-refractivity contribution is 6.00. The Bertz CT molecular complexity index is 1180. The quantitative estimate of drug-likeness (QED) is 0.649. The summed E-state index contributed by atoms with van der Waals surface area (Å²) in [7, 11) is 1.70. The van der Waals surface area contributed by atoms with E-state index >= 15 is 0 Å². The molecule has 2 aromatic rings. The SMILES string of the molecule is Cn1c(=O)n(C2CCC(=O)NC2=O)c2cccc(CCOC3CCN(C(=O)OC(C)(C)C)CC3)c21. The number of nitrogens with one attached hydrogen (secondary N) is 1. The minimum atomic E-state index is -0.703. The highest BCUT2D eigenvalue weighted by Gasteiger charge is 2.32. The van der Waals surface area contributed by atoms with E-state index in [1.54, 1.807) is 16.5 Å². The van der Waals surface area contributed by atoms with E-state index in [4.69, 9.17) is 9.47 Å². The van der Waals surface area contributed by atoms with Crippen LogP contribution in [0.25, 0.3) is 11.0 Å². The summed E-state index contributed by atoms with van der Waals surface area (Å²) in [5.74, 6) is -0.753. The highest BCUT2D eigenvalue weighted by Crippen LogP contribution is 2.25. The standard InChI is InChI=1S/C25H34N4O6/c1-25(2,3)35-24(33)28-13-10-17(11-14-28)34-15-12-16-6-5-7-18-21(16)27(4)23(32)29(18)19-8-9-20(30)26-22(19)31/h5-7,17,19H,8-15H2,1-4H3,(H,26,30,31). The fourth-order valence-electron chi connectivity index (χ4n) is 4.82. The number of hydrogen-bond donors (Lipinski definition) is 1. The number of amides is 3. The average Bonchev–Trinajstić information content (AvgIpc) is 3.04. The molecule has 35 heavy (non-hydrogen) atoms. The Morgan fingerprint density at radius 3 is 2.49 bits per heavy atom. The predicted molar refractivity (Wildman–Crippen MR) is 129 cm³/mol. The number of piperidine rings is 2. The molecule has 0 spiro atoms. The molecule has 2 aliphatic heterocycles. The maximum Gasteiger partial charge on any atom is 0.410 e. The van der Waals surface area contributed by atoms with Crippen LogP contribution in [0.4, 0.5) is 4.79 Å². The summed E-state index contributed by atoms with van der Waals surface area (Å²) in [6.07, 6.45) is 2.38. The molecule has 2 fully saturated rings. The summed E-state index contributed by atoms with van der Waals surface area (Å²) in [6.45, 7) is 7.24. The van der Waals surface area contributed by atoms with Gasteiger partial charge in [0.05, 0.1) is 23.7 Å². The first-order chi connectivity index (χ1) is 16.5. The van der Waals surface area contributed by atoms with E-state index in [1.165, 1.54) is 4.57 Å². The molecule has 0 saturated carbocycles. The number of imide groups is 1. The van der Waals surface area contributed by atoms with Gasteiger partial charge in [-0.2, -0.15) is 0 Å². The molecule has 4 rings (SSSR count). The summed E-state index contributed by atoms with van der Waals surface area (Å²) < 4.78 is 14.6. The Labute approximate surface area is 204 Å². The monoisotopic (exact) mass is 486 g/mol. The fraction of sp³-hybridized carbons (Fsp3) is 0.600. The number of likely N-dealkylation sites (tertiary alicyclic amines) is 1. The van der Waals surface area contributed by atoms with Crippen molar-refractivity contribution in [3.8, 4) is 0 Å². The molecule has 3 heterocycles. The Hall–Kier alpha value is -3.14. The van der Waals surface area contributed by atoms with Crippen molar-refractivity contribution in [1.82, 2.24) is 19.4 Å². The second-order valence-corrected chi connectivity index (χ2v) is 10.3. The number of rotatable bonds is 5. The van der Waals surface area contributed by atoms with Crippen LogP contribution in [0.5, 0.6) is 0 Å². The molecule has 0 radical (unpaired) electrons. The van der Waals surface area contributed by atoms with Crippen LogP contribution in [0, 0.1) is 0 Å². The van der Waals surface area contributed by atoms with Crippen molar-refractivity contribution in [3.05, 3.63) is 34.2 Å². The molecule has 1 unspecified atom stereocenters. The van der Waals surface area contributed by atoms with Crippen molar-refractivity contribution in [2.75, 3.05) is 19.7 Å². The van der Waals surface area contributed by atoms with E-state index in [0.717, 1.165) is 23.9 Å². The van der Waals surface area contributed by atoms with Gasteiger partial charge in [-0.1, -0.05) is 12.1 Å². The molecule has 10 nitrogen and oxygen atoms in total. The number of para-hydroxylation sites is 1. The molecule has 3 amide bonds. The van der Waals surface area contributed by atoms with E-state index in [1.807, 2.05) is 39.0 Å². The molecule has 2 aliphatic rings. The number of ether oxygens (including phenoxy) is 2. The Morgan fingerprint density at radius 1 is 1.11 bits per heavy atom. The van der Waals surface area contributed by atoms with Crippen LogP contribution in [0.3, 0.4) is 0 Å². The Morgan fingerprint density at radius 2 is 1.83 bits per heavy atom. The van der Waals surface area contributed by atoms with Crippen LogP contribution in [-0.4, -0.2) is 63.3 Å². The maximum atomic E-state index is 13.0. The van der Waals surface area contributed by atoms with Crippen LogP contribution in [0.15, 0.2) is 23.0 Å². The van der Waals surface area contributed by atoms with Crippen LogP contribution in [0.2, 0.25) is 0 Å². The summed E-state index contributed by atoms with van der Waals surface area (Å²) in [5, 5.41) is 2.34. The lowest BCUT2D eigenvalue weighted by Crippen LogP contribution is -2.44. The first-order valence-corrected chi connectivity index (χ1v) is 12.2. The lowest BCUT2D eigenvalue weighted by molar-refractivity contribution is -0.135. The molecule has 10 heteroatoms. The fourth-order valence-corrected chi connectivity index (χ4v) is 4.82. The number of benzene rings is 1. The van der Waals surface area contributed by atoms with Gasteiger partial charge < -0.3 is 14.4 Å². The zero-order valence-electron chi connectivity index (χ0n) is 20.8. The number of imidazole rings is 1. The minimum Gasteiger partial charge on any atom is -0.444 e. The number of nitrogens with zero attached hydrogens (tertiary/aromatic N) is 3. The van der Waals surface area contributed by atoms with Crippen molar-refractivity contribution in [1.29, 1.82) is 0 Å². The van der Waals surface area contributed by atoms with Crippen molar-refractivity contribution in [3.63, 3.8) is 0 Å². The molecule has 1 aromatic heterocycles. The molecule has 190 valence electrons. The van der Waals surface area contributed by atoms with Gasteiger partial charge in [-0.05, 0) is 58.1 Å². The first-order valence-electron chi connectivity index (χ1n) is 12.2. The normalized spacial score (nSPS) is 19.8. The van der Waals surface area contributed by atoms with Crippen molar-refractivity contribution in [2.24, 2.45) is 7.05 Å². The number of fused-ring (bicyclic) bond motifs is 1. The van der Waals surface area contributed by atoms with Gasteiger partial charge >= 0.3 is 11.8 Å². The van der Waals surface area contributed by atoms with Gasteiger partial charge in [0.1, 0.15) is 11.6 Å². The third-order valence-corrected chi connectivity index (χ3v) is 6.53. The van der Waals surface area contributed by atoms with Crippen molar-refractivity contribution < 1.29 is 23.9 Å². The largest absolute Gasteiger partial charge is 0.444 e. The molecule has 1 aromatic carbocycles. The van der Waals surface area contributed by atoms with Gasteiger partial charge in [0, 0.05) is 26.6 Å². The zero-order valence-corrected chi connectivity index (χ0v) is 20.8. The van der Waals surface area contributed by atoms with E-state index in [9.17, 15) is 19.2 Å². The molecule has 0 bridgehead atoms.